The summed E-state index contributed by atoms with van der Waals surface area (Å²) in [4.78, 5) is 0. The molecule has 0 aliphatic rings. The molecule has 0 unspecified atom stereocenters. The summed E-state index contributed by atoms with van der Waals surface area (Å²) >= 11 is 0. The second-order valence-corrected chi connectivity index (χ2v) is 2.90. The molecule has 1 radical (unpaired) electrons. The van der Waals surface area contributed by atoms with Crippen LogP contribution in [0.5, 0.6) is 0 Å². The quantitative estimate of drug-likeness (QED) is 0.309. The van der Waals surface area contributed by atoms with Gasteiger partial charge in [-0.3, -0.25) is 0 Å². The highest BCUT2D eigenvalue weighted by atomic mass is 15.6. The second kappa shape index (κ2) is 8.48. The molecule has 0 bridgehead atoms. The highest BCUT2D eigenvalue weighted by Crippen LogP contribution is 1.95. The third kappa shape index (κ3) is 4.80. The van der Waals surface area contributed by atoms with E-state index in [0.717, 1.165) is 26.2 Å². The SMILES string of the molecule is C=CCN(CC=C)[N+](CC=C)CC=C. The summed E-state index contributed by atoms with van der Waals surface area (Å²) in [5.41, 5.74) is 0. The van der Waals surface area contributed by atoms with Gasteiger partial charge in [-0.1, -0.05) is 35.3 Å². The molecule has 0 heterocycles. The zero-order chi connectivity index (χ0) is 10.8. The average molecular weight is 192 g/mol. The lowest BCUT2D eigenvalue weighted by atomic mass is 10.4. The molecule has 0 saturated carbocycles. The Hall–Kier alpha value is -1.12. The van der Waals surface area contributed by atoms with Gasteiger partial charge in [-0.05, 0) is 12.2 Å². The van der Waals surface area contributed by atoms with Gasteiger partial charge >= 0.3 is 0 Å². The van der Waals surface area contributed by atoms with Gasteiger partial charge in [0.05, 0.1) is 13.1 Å². The molecule has 77 valence electrons. The minimum absolute atomic E-state index is 0.813. The smallest absolute Gasteiger partial charge is 0.102 e. The Labute approximate surface area is 87.5 Å². The predicted molar refractivity (Wildman–Crippen MR) is 64.2 cm³/mol. The first kappa shape index (κ1) is 12.9. The maximum Gasteiger partial charge on any atom is 0.163 e. The molecule has 14 heavy (non-hydrogen) atoms. The fraction of sp³-hybridized carbons (Fsp3) is 0.333. The van der Waals surface area contributed by atoms with Crippen molar-refractivity contribution in [1.82, 2.24) is 10.0 Å². The Kier molecular flexibility index (Phi) is 7.80. The van der Waals surface area contributed by atoms with Crippen LogP contribution in [0.25, 0.3) is 0 Å². The van der Waals surface area contributed by atoms with Gasteiger partial charge in [0.1, 0.15) is 0 Å². The van der Waals surface area contributed by atoms with Crippen molar-refractivity contribution in [3.05, 3.63) is 50.6 Å². The van der Waals surface area contributed by atoms with Gasteiger partial charge in [0.15, 0.2) is 13.1 Å². The van der Waals surface area contributed by atoms with E-state index in [1.807, 2.05) is 24.3 Å². The molecule has 0 aromatic carbocycles. The Morgan fingerprint density at radius 3 is 1.50 bits per heavy atom. The summed E-state index contributed by atoms with van der Waals surface area (Å²) in [6, 6.07) is 0. The van der Waals surface area contributed by atoms with Crippen LogP contribution < -0.4 is 5.01 Å². The van der Waals surface area contributed by atoms with Gasteiger partial charge in [0, 0.05) is 0 Å². The fourth-order valence-electron chi connectivity index (χ4n) is 1.21. The molecule has 0 amide bonds. The van der Waals surface area contributed by atoms with E-state index in [0.29, 0.717) is 0 Å². The number of hydrogen-bond donors (Lipinski definition) is 0. The lowest BCUT2D eigenvalue weighted by Crippen LogP contribution is -2.48. The van der Waals surface area contributed by atoms with E-state index in [1.165, 1.54) is 0 Å². The standard InChI is InChI=1S/C12H20N2/c1-5-9-13(10-6-2)14(11-7-3)12-8-4/h5-8H,1-4,9-12H2/q+1. The van der Waals surface area contributed by atoms with Crippen molar-refractivity contribution in [1.29, 1.82) is 0 Å². The number of rotatable bonds is 9. The molecular formula is C12H20N2+. The van der Waals surface area contributed by atoms with E-state index in [1.54, 1.807) is 0 Å². The van der Waals surface area contributed by atoms with E-state index in [9.17, 15) is 0 Å². The first-order valence-electron chi connectivity index (χ1n) is 4.73. The highest BCUT2D eigenvalue weighted by Gasteiger charge is 2.19. The lowest BCUT2D eigenvalue weighted by molar-refractivity contribution is 0.118. The molecule has 0 aromatic rings. The summed E-state index contributed by atoms with van der Waals surface area (Å²) in [5, 5.41) is 4.31. The molecule has 0 aliphatic heterocycles. The largest absolute Gasteiger partial charge is 0.163 e. The van der Waals surface area contributed by atoms with Gasteiger partial charge in [0.25, 0.3) is 0 Å². The Bertz CT molecular complexity index is 154. The van der Waals surface area contributed by atoms with Crippen LogP contribution in [0.2, 0.25) is 0 Å². The molecule has 0 aliphatic carbocycles. The van der Waals surface area contributed by atoms with Crippen LogP contribution in [-0.2, 0) is 0 Å². The molecule has 2 heteroatoms. The monoisotopic (exact) mass is 192 g/mol. The summed E-state index contributed by atoms with van der Waals surface area (Å²) in [6.45, 7) is 18.2. The van der Waals surface area contributed by atoms with Gasteiger partial charge < -0.3 is 0 Å². The summed E-state index contributed by atoms with van der Waals surface area (Å²) in [6.07, 6.45) is 7.51. The summed E-state index contributed by atoms with van der Waals surface area (Å²) in [7, 11) is 0. The first-order chi connectivity index (χ1) is 6.79. The van der Waals surface area contributed by atoms with E-state index in [2.05, 4.69) is 36.3 Å². The Balaban J connectivity index is 4.32. The highest BCUT2D eigenvalue weighted by molar-refractivity contribution is 4.87. The van der Waals surface area contributed by atoms with Gasteiger partial charge in [0.2, 0.25) is 0 Å². The van der Waals surface area contributed by atoms with Crippen LogP contribution in [-0.4, -0.2) is 31.2 Å². The number of hydrazine groups is 1. The van der Waals surface area contributed by atoms with Crippen LogP contribution >= 0.6 is 0 Å². The molecule has 2 nitrogen and oxygen atoms in total. The third-order valence-corrected chi connectivity index (χ3v) is 1.76. The first-order valence-corrected chi connectivity index (χ1v) is 4.73. The maximum absolute atomic E-state index is 3.73. The van der Waals surface area contributed by atoms with Crippen LogP contribution in [0, 0.1) is 0 Å². The molecular weight excluding hydrogens is 172 g/mol. The molecule has 0 atom stereocenters. The van der Waals surface area contributed by atoms with Crippen molar-refractivity contribution in [3.8, 4) is 0 Å². The normalized spacial score (nSPS) is 10.1. The summed E-state index contributed by atoms with van der Waals surface area (Å²) < 4.78 is 0. The molecule has 0 spiro atoms. The fourth-order valence-corrected chi connectivity index (χ4v) is 1.21. The number of hydrogen-bond acceptors (Lipinski definition) is 2. The number of nitrogens with zero attached hydrogens (tertiary/aromatic N) is 2. The molecule has 0 rings (SSSR count). The van der Waals surface area contributed by atoms with Crippen molar-refractivity contribution in [2.75, 3.05) is 26.2 Å². The Morgan fingerprint density at radius 1 is 0.786 bits per heavy atom. The predicted octanol–water partition coefficient (Wildman–Crippen LogP) is 2.09. The summed E-state index contributed by atoms with van der Waals surface area (Å²) in [5.74, 6) is 0. The van der Waals surface area contributed by atoms with Gasteiger partial charge in [-0.25, -0.2) is 0 Å². The molecule has 0 saturated heterocycles. The zero-order valence-electron chi connectivity index (χ0n) is 8.86. The van der Waals surface area contributed by atoms with Crippen molar-refractivity contribution < 1.29 is 0 Å². The Morgan fingerprint density at radius 2 is 1.21 bits per heavy atom. The van der Waals surface area contributed by atoms with E-state index < -0.39 is 0 Å². The van der Waals surface area contributed by atoms with Crippen molar-refractivity contribution in [3.63, 3.8) is 0 Å². The van der Waals surface area contributed by atoms with Crippen LogP contribution in [0.1, 0.15) is 0 Å². The van der Waals surface area contributed by atoms with Crippen LogP contribution in [0.3, 0.4) is 0 Å². The molecule has 0 aromatic heterocycles. The van der Waals surface area contributed by atoms with Crippen molar-refractivity contribution in [2.24, 2.45) is 0 Å². The van der Waals surface area contributed by atoms with Crippen molar-refractivity contribution in [2.45, 2.75) is 0 Å². The van der Waals surface area contributed by atoms with E-state index in [4.69, 9.17) is 0 Å². The lowest BCUT2D eigenvalue weighted by Gasteiger charge is -2.20. The molecule has 0 fully saturated rings. The molecule has 0 N–H and O–H groups in total. The zero-order valence-corrected chi connectivity index (χ0v) is 8.86. The van der Waals surface area contributed by atoms with Gasteiger partial charge in [-0.2, -0.15) is 0 Å². The minimum Gasteiger partial charge on any atom is -0.102 e. The third-order valence-electron chi connectivity index (χ3n) is 1.76. The van der Waals surface area contributed by atoms with Gasteiger partial charge in [-0.15, -0.1) is 13.2 Å². The minimum atomic E-state index is 0.813. The van der Waals surface area contributed by atoms with E-state index >= 15 is 0 Å². The maximum atomic E-state index is 3.73. The van der Waals surface area contributed by atoms with E-state index in [-0.39, 0.29) is 0 Å². The topological polar surface area (TPSA) is 9.14 Å². The van der Waals surface area contributed by atoms with Crippen LogP contribution in [0.15, 0.2) is 50.6 Å². The second-order valence-electron chi connectivity index (χ2n) is 2.90. The van der Waals surface area contributed by atoms with Crippen molar-refractivity contribution >= 4 is 0 Å². The van der Waals surface area contributed by atoms with Crippen LogP contribution in [0.4, 0.5) is 0 Å². The average Bonchev–Trinajstić information content (AvgIpc) is 2.17.